The molecule has 0 aliphatic heterocycles. The van der Waals surface area contributed by atoms with Crippen molar-refractivity contribution in [1.82, 2.24) is 35.2 Å². The molecule has 1 amide bonds. The fourth-order valence-electron chi connectivity index (χ4n) is 5.14. The lowest BCUT2D eigenvalue weighted by atomic mass is 10.1. The number of amides is 1. The highest BCUT2D eigenvalue weighted by Crippen LogP contribution is 2.22. The number of hydrogen-bond donors (Lipinski definition) is 2. The minimum absolute atomic E-state index is 0.0216. The second-order valence-electron chi connectivity index (χ2n) is 13.6. The topological polar surface area (TPSA) is 168 Å². The van der Waals surface area contributed by atoms with E-state index in [1.54, 1.807) is 57.6 Å². The van der Waals surface area contributed by atoms with Crippen molar-refractivity contribution < 1.29 is 27.8 Å². The highest BCUT2D eigenvalue weighted by molar-refractivity contribution is 6.63. The molecule has 308 valence electrons. The zero-order valence-electron chi connectivity index (χ0n) is 33.7. The highest BCUT2D eigenvalue weighted by atomic mass is 35.5. The SMILES string of the molecule is CC(C)C(=O)Cl.COc1nc(Cc2ccc(-c3cccc(F)n3)cc2)cnc1CN.COc1nc(Cc2ccc(-c3cccc(F)n3)cc2)cnc1CNC(=O)C(C)C. The largest absolute Gasteiger partial charge is 0.480 e. The summed E-state index contributed by atoms with van der Waals surface area (Å²) in [5.74, 6) is -0.309. The second-order valence-corrected chi connectivity index (χ2v) is 14.0. The number of pyridine rings is 2. The van der Waals surface area contributed by atoms with Gasteiger partial charge in [-0.05, 0) is 47.0 Å². The molecule has 0 radical (unpaired) electrons. The molecule has 0 atom stereocenters. The predicted molar refractivity (Wildman–Crippen MR) is 222 cm³/mol. The Bertz CT molecular complexity index is 2300. The lowest BCUT2D eigenvalue weighted by Gasteiger charge is -2.11. The number of nitrogens with zero attached hydrogens (tertiary/aromatic N) is 6. The Kier molecular flexibility index (Phi) is 17.4. The molecular weight excluding hydrogens is 778 g/mol. The van der Waals surface area contributed by atoms with Crippen LogP contribution in [0.4, 0.5) is 8.78 Å². The lowest BCUT2D eigenvalue weighted by Crippen LogP contribution is -2.27. The molecule has 15 heteroatoms. The number of nitrogens with two attached hydrogens (primary N) is 1. The van der Waals surface area contributed by atoms with E-state index in [1.165, 1.54) is 19.2 Å². The second kappa shape index (κ2) is 22.6. The number of rotatable bonds is 13. The first-order chi connectivity index (χ1) is 28.3. The van der Waals surface area contributed by atoms with Gasteiger partial charge in [-0.1, -0.05) is 88.4 Å². The summed E-state index contributed by atoms with van der Waals surface area (Å²) in [6.45, 7) is 7.73. The number of carbonyl (C=O) groups excluding carboxylic acids is 2. The monoisotopic (exact) mass is 824 g/mol. The molecule has 0 saturated carbocycles. The Morgan fingerprint density at radius 2 is 1.08 bits per heavy atom. The van der Waals surface area contributed by atoms with Crippen LogP contribution < -0.4 is 20.5 Å². The van der Waals surface area contributed by atoms with Crippen LogP contribution in [0, 0.1) is 23.7 Å². The quantitative estimate of drug-likeness (QED) is 0.0865. The molecule has 2 aromatic carbocycles. The number of aromatic nitrogens is 6. The van der Waals surface area contributed by atoms with E-state index < -0.39 is 11.9 Å². The van der Waals surface area contributed by atoms with Gasteiger partial charge in [0.25, 0.3) is 0 Å². The smallest absolute Gasteiger partial charge is 0.237 e. The average molecular weight is 825 g/mol. The highest BCUT2D eigenvalue weighted by Gasteiger charge is 2.13. The molecule has 0 unspecified atom stereocenters. The first kappa shape index (κ1) is 45.5. The molecule has 6 aromatic rings. The molecule has 0 saturated heterocycles. The summed E-state index contributed by atoms with van der Waals surface area (Å²) >= 11 is 4.97. The van der Waals surface area contributed by atoms with E-state index in [2.05, 4.69) is 35.2 Å². The van der Waals surface area contributed by atoms with Crippen LogP contribution >= 0.6 is 11.6 Å². The number of halogens is 3. The minimum atomic E-state index is -0.501. The van der Waals surface area contributed by atoms with Crippen molar-refractivity contribution in [3.8, 4) is 34.3 Å². The summed E-state index contributed by atoms with van der Waals surface area (Å²) in [4.78, 5) is 47.0. The van der Waals surface area contributed by atoms with Gasteiger partial charge in [0.1, 0.15) is 11.4 Å². The molecule has 6 rings (SSSR count). The molecule has 0 spiro atoms. The zero-order chi connectivity index (χ0) is 42.9. The number of nitrogens with one attached hydrogen (secondary N) is 1. The van der Waals surface area contributed by atoms with Gasteiger partial charge in [-0.25, -0.2) is 19.9 Å². The third kappa shape index (κ3) is 14.3. The molecule has 4 heterocycles. The van der Waals surface area contributed by atoms with E-state index in [1.807, 2.05) is 62.4 Å². The van der Waals surface area contributed by atoms with Crippen LogP contribution in [0.5, 0.6) is 11.8 Å². The number of hydrogen-bond acceptors (Lipinski definition) is 11. The van der Waals surface area contributed by atoms with Gasteiger partial charge in [0, 0.05) is 54.7 Å². The maximum atomic E-state index is 13.3. The van der Waals surface area contributed by atoms with Crippen molar-refractivity contribution in [2.45, 2.75) is 53.6 Å². The fraction of sp³-hybridized carbons (Fsp3) is 0.273. The van der Waals surface area contributed by atoms with Gasteiger partial charge in [-0.2, -0.15) is 8.78 Å². The van der Waals surface area contributed by atoms with Crippen molar-refractivity contribution in [3.05, 3.63) is 143 Å². The molecule has 3 N–H and O–H groups in total. The van der Waals surface area contributed by atoms with Gasteiger partial charge in [-0.3, -0.25) is 19.6 Å². The Balaban J connectivity index is 0.000000232. The fourth-order valence-corrected chi connectivity index (χ4v) is 5.14. The molecule has 4 aromatic heterocycles. The van der Waals surface area contributed by atoms with Gasteiger partial charge >= 0.3 is 0 Å². The van der Waals surface area contributed by atoms with Gasteiger partial charge < -0.3 is 20.5 Å². The summed E-state index contributed by atoms with van der Waals surface area (Å²) in [5.41, 5.74) is 13.3. The van der Waals surface area contributed by atoms with Crippen LogP contribution in [0.15, 0.2) is 97.3 Å². The van der Waals surface area contributed by atoms with Crippen LogP contribution in [0.1, 0.15) is 61.6 Å². The Morgan fingerprint density at radius 1 is 0.661 bits per heavy atom. The lowest BCUT2D eigenvalue weighted by molar-refractivity contribution is -0.124. The summed E-state index contributed by atoms with van der Waals surface area (Å²) in [5, 5.41) is 2.55. The van der Waals surface area contributed by atoms with Crippen molar-refractivity contribution in [1.29, 1.82) is 0 Å². The number of ether oxygens (including phenoxy) is 2. The average Bonchev–Trinajstić information content (AvgIpc) is 3.24. The molecule has 0 aliphatic rings. The molecule has 0 fully saturated rings. The number of carbonyl (C=O) groups is 2. The van der Waals surface area contributed by atoms with Crippen LogP contribution in [-0.2, 0) is 35.5 Å². The number of benzene rings is 2. The van der Waals surface area contributed by atoms with Crippen molar-refractivity contribution in [2.24, 2.45) is 17.6 Å². The Hall–Kier alpha value is -6.25. The predicted octanol–water partition coefficient (Wildman–Crippen LogP) is 7.69. The van der Waals surface area contributed by atoms with E-state index in [4.69, 9.17) is 26.8 Å². The Morgan fingerprint density at radius 3 is 1.46 bits per heavy atom. The summed E-state index contributed by atoms with van der Waals surface area (Å²) in [6.07, 6.45) is 4.57. The molecule has 12 nitrogen and oxygen atoms in total. The van der Waals surface area contributed by atoms with E-state index in [0.717, 1.165) is 33.6 Å². The standard InChI is InChI=1S/C22H23FN4O2.C18H17FN4O.C4H7ClO/c1-14(2)21(28)25-13-19-22(29-3)26-17(12-24-19)11-15-7-9-16(10-8-15)18-5-4-6-20(23)27-18;1-24-18-16(10-20)21-11-14(22-18)9-12-5-7-13(8-6-12)15-3-2-4-17(19)23-15;1-3(2)4(5)6/h4-10,12,14H,11,13H2,1-3H3,(H,25,28);2-8,11H,9-10,20H2,1H3;3H,1-2H3. The van der Waals surface area contributed by atoms with Gasteiger partial charge in [-0.15, -0.1) is 0 Å². The first-order valence-corrected chi connectivity index (χ1v) is 19.1. The number of methoxy groups -OCH3 is 2. The van der Waals surface area contributed by atoms with Crippen LogP contribution in [0.25, 0.3) is 22.5 Å². The van der Waals surface area contributed by atoms with E-state index >= 15 is 0 Å². The minimum Gasteiger partial charge on any atom is -0.480 e. The van der Waals surface area contributed by atoms with E-state index in [-0.39, 0.29) is 36.1 Å². The molecule has 0 aliphatic carbocycles. The molecule has 59 heavy (non-hydrogen) atoms. The van der Waals surface area contributed by atoms with Crippen molar-refractivity contribution in [3.63, 3.8) is 0 Å². The van der Waals surface area contributed by atoms with Crippen LogP contribution in [-0.4, -0.2) is 55.3 Å². The van der Waals surface area contributed by atoms with Gasteiger partial charge in [0.05, 0.1) is 43.5 Å². The third-order valence-electron chi connectivity index (χ3n) is 8.41. The van der Waals surface area contributed by atoms with Gasteiger partial charge in [0.15, 0.2) is 0 Å². The summed E-state index contributed by atoms with van der Waals surface area (Å²) < 4.78 is 37.0. The first-order valence-electron chi connectivity index (χ1n) is 18.7. The molecule has 0 bridgehead atoms. The van der Waals surface area contributed by atoms with E-state index in [9.17, 15) is 18.4 Å². The normalized spacial score (nSPS) is 10.6. The zero-order valence-corrected chi connectivity index (χ0v) is 34.5. The van der Waals surface area contributed by atoms with Gasteiger partial charge in [0.2, 0.25) is 34.8 Å². The third-order valence-corrected chi connectivity index (χ3v) is 8.85. The maximum Gasteiger partial charge on any atom is 0.237 e. The van der Waals surface area contributed by atoms with Crippen molar-refractivity contribution in [2.75, 3.05) is 14.2 Å². The van der Waals surface area contributed by atoms with Crippen LogP contribution in [0.2, 0.25) is 0 Å². The summed E-state index contributed by atoms with van der Waals surface area (Å²) in [6, 6.07) is 24.9. The van der Waals surface area contributed by atoms with E-state index in [0.29, 0.717) is 47.4 Å². The van der Waals surface area contributed by atoms with Crippen molar-refractivity contribution >= 4 is 22.8 Å². The Labute approximate surface area is 347 Å². The van der Waals surface area contributed by atoms with Crippen LogP contribution in [0.3, 0.4) is 0 Å². The molecular formula is C44H47ClF2N8O4. The maximum absolute atomic E-state index is 13.3. The summed E-state index contributed by atoms with van der Waals surface area (Å²) in [7, 11) is 3.08.